The van der Waals surface area contributed by atoms with Gasteiger partial charge in [0, 0.05) is 58.1 Å². The SMILES string of the molecule is CNc1ncc(Cl)c(Nc2ccc(N3CCN(C)CC3)c3c2C(=O)N(C)C3)n1. The summed E-state index contributed by atoms with van der Waals surface area (Å²) in [4.78, 5) is 27.8. The molecule has 9 heteroatoms. The van der Waals surface area contributed by atoms with Gasteiger partial charge in [-0.1, -0.05) is 11.6 Å². The number of nitrogens with one attached hydrogen (secondary N) is 2. The van der Waals surface area contributed by atoms with E-state index >= 15 is 0 Å². The van der Waals surface area contributed by atoms with Gasteiger partial charge in [-0.3, -0.25) is 4.79 Å². The third kappa shape index (κ3) is 3.33. The van der Waals surface area contributed by atoms with Crippen LogP contribution in [0.5, 0.6) is 0 Å². The van der Waals surface area contributed by atoms with Crippen molar-refractivity contribution in [3.8, 4) is 0 Å². The molecule has 1 aromatic carbocycles. The molecule has 0 saturated carbocycles. The molecule has 0 bridgehead atoms. The minimum Gasteiger partial charge on any atom is -0.369 e. The molecule has 28 heavy (non-hydrogen) atoms. The van der Waals surface area contributed by atoms with Crippen LogP contribution in [0.4, 0.5) is 23.1 Å². The minimum absolute atomic E-state index is 0.00694. The van der Waals surface area contributed by atoms with E-state index in [4.69, 9.17) is 11.6 Å². The average molecular weight is 402 g/mol. The van der Waals surface area contributed by atoms with E-state index in [1.165, 1.54) is 6.20 Å². The lowest BCUT2D eigenvalue weighted by atomic mass is 10.0. The van der Waals surface area contributed by atoms with E-state index in [0.29, 0.717) is 34.6 Å². The van der Waals surface area contributed by atoms with Crippen molar-refractivity contribution in [1.29, 1.82) is 0 Å². The molecule has 8 nitrogen and oxygen atoms in total. The Bertz CT molecular complexity index is 911. The van der Waals surface area contributed by atoms with Crippen molar-refractivity contribution in [3.05, 3.63) is 34.5 Å². The third-order valence-electron chi connectivity index (χ3n) is 5.31. The Morgan fingerprint density at radius 1 is 1.14 bits per heavy atom. The van der Waals surface area contributed by atoms with Crippen LogP contribution in [0.25, 0.3) is 0 Å². The Labute approximate surface area is 169 Å². The van der Waals surface area contributed by atoms with Crippen LogP contribution in [0.2, 0.25) is 5.02 Å². The van der Waals surface area contributed by atoms with E-state index < -0.39 is 0 Å². The van der Waals surface area contributed by atoms with Gasteiger partial charge in [-0.05, 0) is 19.2 Å². The number of hydrogen-bond acceptors (Lipinski definition) is 7. The molecule has 4 rings (SSSR count). The monoisotopic (exact) mass is 401 g/mol. The molecule has 0 aliphatic carbocycles. The summed E-state index contributed by atoms with van der Waals surface area (Å²) in [5.41, 5.74) is 3.60. The topological polar surface area (TPSA) is 76.6 Å². The van der Waals surface area contributed by atoms with Gasteiger partial charge in [0.15, 0.2) is 5.82 Å². The van der Waals surface area contributed by atoms with Crippen molar-refractivity contribution in [2.24, 2.45) is 0 Å². The van der Waals surface area contributed by atoms with Gasteiger partial charge in [-0.2, -0.15) is 4.98 Å². The molecule has 2 aromatic rings. The van der Waals surface area contributed by atoms with Crippen molar-refractivity contribution >= 4 is 40.6 Å². The summed E-state index contributed by atoms with van der Waals surface area (Å²) in [7, 11) is 5.71. The number of rotatable bonds is 4. The Morgan fingerprint density at radius 3 is 2.61 bits per heavy atom. The normalized spacial score (nSPS) is 17.1. The van der Waals surface area contributed by atoms with Crippen LogP contribution in [0.3, 0.4) is 0 Å². The number of likely N-dealkylation sites (N-methyl/N-ethyl adjacent to an activating group) is 1. The maximum Gasteiger partial charge on any atom is 0.256 e. The number of hydrogen-bond donors (Lipinski definition) is 2. The number of benzene rings is 1. The zero-order valence-corrected chi connectivity index (χ0v) is 17.0. The maximum atomic E-state index is 12.9. The molecule has 3 heterocycles. The molecule has 1 amide bonds. The van der Waals surface area contributed by atoms with Crippen LogP contribution in [0, 0.1) is 0 Å². The molecular weight excluding hydrogens is 378 g/mol. The molecule has 1 fully saturated rings. The first-order valence-electron chi connectivity index (χ1n) is 9.30. The number of carbonyl (C=O) groups excluding carboxylic acids is 1. The van der Waals surface area contributed by atoms with Gasteiger partial charge in [0.05, 0.1) is 17.4 Å². The number of anilines is 4. The molecule has 0 unspecified atom stereocenters. The number of nitrogens with zero attached hydrogens (tertiary/aromatic N) is 5. The van der Waals surface area contributed by atoms with Crippen LogP contribution < -0.4 is 15.5 Å². The fraction of sp³-hybridized carbons (Fsp3) is 0.421. The van der Waals surface area contributed by atoms with Crippen LogP contribution >= 0.6 is 11.6 Å². The van der Waals surface area contributed by atoms with Crippen molar-refractivity contribution in [2.75, 3.05) is 62.9 Å². The lowest BCUT2D eigenvalue weighted by Gasteiger charge is -2.35. The second-order valence-electron chi connectivity index (χ2n) is 7.20. The zero-order chi connectivity index (χ0) is 19.8. The molecule has 2 aliphatic heterocycles. The summed E-state index contributed by atoms with van der Waals surface area (Å²) in [6, 6.07) is 4.04. The summed E-state index contributed by atoms with van der Waals surface area (Å²) in [6.45, 7) is 4.54. The van der Waals surface area contributed by atoms with Crippen molar-refractivity contribution < 1.29 is 4.79 Å². The molecule has 2 N–H and O–H groups in total. The molecule has 1 aromatic heterocycles. The standard InChI is InChI=1S/C19H24ClN7O/c1-21-19-22-10-13(20)17(24-19)23-14-4-5-15(27-8-6-25(2)7-9-27)12-11-26(3)18(28)16(12)14/h4-5,10H,6-9,11H2,1-3H3,(H2,21,22,23,24). The van der Waals surface area contributed by atoms with Crippen LogP contribution in [-0.2, 0) is 6.54 Å². The molecule has 2 aliphatic rings. The van der Waals surface area contributed by atoms with Gasteiger partial charge in [-0.25, -0.2) is 4.98 Å². The van der Waals surface area contributed by atoms with Gasteiger partial charge >= 0.3 is 0 Å². The first-order valence-corrected chi connectivity index (χ1v) is 9.68. The summed E-state index contributed by atoms with van der Waals surface area (Å²) >= 11 is 6.26. The first-order chi connectivity index (χ1) is 13.5. The minimum atomic E-state index is 0.00694. The average Bonchev–Trinajstić information content (AvgIpc) is 3.00. The van der Waals surface area contributed by atoms with Crippen molar-refractivity contribution in [2.45, 2.75) is 6.54 Å². The van der Waals surface area contributed by atoms with Gasteiger partial charge in [0.2, 0.25) is 5.95 Å². The summed E-state index contributed by atoms with van der Waals surface area (Å²) < 4.78 is 0. The third-order valence-corrected chi connectivity index (χ3v) is 5.59. The highest BCUT2D eigenvalue weighted by Gasteiger charge is 2.32. The molecular formula is C19H24ClN7O. The van der Waals surface area contributed by atoms with Gasteiger partial charge < -0.3 is 25.3 Å². The molecule has 0 radical (unpaired) electrons. The van der Waals surface area contributed by atoms with Gasteiger partial charge in [0.1, 0.15) is 5.02 Å². The predicted molar refractivity (Wildman–Crippen MR) is 112 cm³/mol. The van der Waals surface area contributed by atoms with E-state index in [9.17, 15) is 4.79 Å². The number of piperazine rings is 1. The second kappa shape index (κ2) is 7.44. The lowest BCUT2D eigenvalue weighted by Crippen LogP contribution is -2.44. The molecule has 0 atom stereocenters. The van der Waals surface area contributed by atoms with Crippen LogP contribution in [-0.4, -0.2) is 73.0 Å². The van der Waals surface area contributed by atoms with Gasteiger partial charge in [-0.15, -0.1) is 0 Å². The zero-order valence-electron chi connectivity index (χ0n) is 16.3. The van der Waals surface area contributed by atoms with E-state index in [2.05, 4.69) is 43.5 Å². The summed E-state index contributed by atoms with van der Waals surface area (Å²) in [5, 5.41) is 6.53. The van der Waals surface area contributed by atoms with Crippen LogP contribution in [0.15, 0.2) is 18.3 Å². The van der Waals surface area contributed by atoms with Gasteiger partial charge in [0.25, 0.3) is 5.91 Å². The highest BCUT2D eigenvalue weighted by Crippen LogP contribution is 2.38. The number of aromatic nitrogens is 2. The fourth-order valence-electron chi connectivity index (χ4n) is 3.69. The molecule has 148 valence electrons. The highest BCUT2D eigenvalue weighted by molar-refractivity contribution is 6.33. The Morgan fingerprint density at radius 2 is 1.89 bits per heavy atom. The maximum absolute atomic E-state index is 12.9. The number of carbonyl (C=O) groups is 1. The van der Waals surface area contributed by atoms with Crippen molar-refractivity contribution in [1.82, 2.24) is 19.8 Å². The number of halogens is 1. The van der Waals surface area contributed by atoms with E-state index in [1.807, 2.05) is 13.1 Å². The quantitative estimate of drug-likeness (QED) is 0.813. The fourth-order valence-corrected chi connectivity index (χ4v) is 3.83. The number of fused-ring (bicyclic) bond motifs is 1. The Balaban J connectivity index is 1.72. The largest absolute Gasteiger partial charge is 0.369 e. The predicted octanol–water partition coefficient (Wildman–Crippen LogP) is 2.25. The van der Waals surface area contributed by atoms with E-state index in [0.717, 1.165) is 37.4 Å². The van der Waals surface area contributed by atoms with E-state index in [1.54, 1.807) is 11.9 Å². The first kappa shape index (κ1) is 18.8. The Kier molecular flexibility index (Phi) is 4.99. The van der Waals surface area contributed by atoms with Crippen molar-refractivity contribution in [3.63, 3.8) is 0 Å². The number of amides is 1. The Hall–Kier alpha value is -2.58. The second-order valence-corrected chi connectivity index (χ2v) is 7.61. The van der Waals surface area contributed by atoms with Crippen LogP contribution in [0.1, 0.15) is 15.9 Å². The molecule has 1 saturated heterocycles. The lowest BCUT2D eigenvalue weighted by molar-refractivity contribution is 0.0817. The summed E-state index contributed by atoms with van der Waals surface area (Å²) in [5.74, 6) is 0.937. The highest BCUT2D eigenvalue weighted by atomic mass is 35.5. The molecule has 0 spiro atoms. The van der Waals surface area contributed by atoms with E-state index in [-0.39, 0.29) is 5.91 Å². The summed E-state index contributed by atoms with van der Waals surface area (Å²) in [6.07, 6.45) is 1.54. The smallest absolute Gasteiger partial charge is 0.256 e.